The number of hydrogen-bond donors (Lipinski definition) is 1. The molecule has 0 aliphatic carbocycles. The quantitative estimate of drug-likeness (QED) is 0.868. The van der Waals surface area contributed by atoms with Crippen LogP contribution in [0.15, 0.2) is 24.3 Å². The minimum atomic E-state index is 0.668. The van der Waals surface area contributed by atoms with Gasteiger partial charge in [0, 0.05) is 44.5 Å². The Morgan fingerprint density at radius 2 is 1.57 bits per heavy atom. The van der Waals surface area contributed by atoms with Gasteiger partial charge in [-0.3, -0.25) is 4.90 Å². The van der Waals surface area contributed by atoms with Gasteiger partial charge in [0.2, 0.25) is 0 Å². The monoisotopic (exact) mass is 289 g/mol. The first-order chi connectivity index (χ1) is 10.1. The molecule has 1 heterocycles. The van der Waals surface area contributed by atoms with Gasteiger partial charge in [0.15, 0.2) is 0 Å². The van der Waals surface area contributed by atoms with Gasteiger partial charge in [-0.05, 0) is 44.0 Å². The van der Waals surface area contributed by atoms with Crippen molar-refractivity contribution in [3.8, 4) is 0 Å². The predicted molar refractivity (Wildman–Crippen MR) is 91.9 cm³/mol. The number of hydrogen-bond acceptors (Lipinski definition) is 3. The van der Waals surface area contributed by atoms with Crippen LogP contribution in [0, 0.1) is 5.92 Å². The summed E-state index contributed by atoms with van der Waals surface area (Å²) in [6.45, 7) is 15.7. The number of piperazine rings is 1. The Balaban J connectivity index is 1.82. The topological polar surface area (TPSA) is 18.5 Å². The molecule has 1 N–H and O–H groups in total. The molecule has 1 aliphatic heterocycles. The van der Waals surface area contributed by atoms with E-state index < -0.39 is 0 Å². The molecular weight excluding hydrogens is 258 g/mol. The zero-order valence-electron chi connectivity index (χ0n) is 14.1. The Hall–Kier alpha value is -1.06. The van der Waals surface area contributed by atoms with Crippen molar-refractivity contribution in [1.29, 1.82) is 0 Å². The molecule has 2 rings (SSSR count). The predicted octanol–water partition coefficient (Wildman–Crippen LogP) is 2.96. The van der Waals surface area contributed by atoms with Gasteiger partial charge in [-0.25, -0.2) is 0 Å². The molecule has 0 radical (unpaired) electrons. The van der Waals surface area contributed by atoms with Crippen LogP contribution in [-0.2, 0) is 6.54 Å². The molecule has 118 valence electrons. The van der Waals surface area contributed by atoms with Crippen LogP contribution in [-0.4, -0.2) is 43.7 Å². The van der Waals surface area contributed by atoms with Crippen LogP contribution in [0.4, 0.5) is 5.69 Å². The van der Waals surface area contributed by atoms with Crippen LogP contribution >= 0.6 is 0 Å². The fourth-order valence-electron chi connectivity index (χ4n) is 2.83. The highest BCUT2D eigenvalue weighted by Crippen LogP contribution is 2.18. The van der Waals surface area contributed by atoms with Crippen molar-refractivity contribution in [3.63, 3.8) is 0 Å². The van der Waals surface area contributed by atoms with E-state index in [1.54, 1.807) is 0 Å². The van der Waals surface area contributed by atoms with Crippen LogP contribution in [0.2, 0.25) is 0 Å². The molecule has 3 nitrogen and oxygen atoms in total. The fraction of sp³-hybridized carbons (Fsp3) is 0.667. The molecule has 1 fully saturated rings. The van der Waals surface area contributed by atoms with Crippen LogP contribution in [0.25, 0.3) is 0 Å². The van der Waals surface area contributed by atoms with Crippen LogP contribution in [0.3, 0.4) is 0 Å². The number of benzene rings is 1. The fourth-order valence-corrected chi connectivity index (χ4v) is 2.83. The van der Waals surface area contributed by atoms with Crippen molar-refractivity contribution in [3.05, 3.63) is 29.8 Å². The maximum Gasteiger partial charge on any atom is 0.0367 e. The van der Waals surface area contributed by atoms with Gasteiger partial charge in [-0.2, -0.15) is 0 Å². The third-order valence-electron chi connectivity index (χ3n) is 4.23. The molecule has 0 spiro atoms. The molecule has 1 aliphatic rings. The first-order valence-electron chi connectivity index (χ1n) is 8.35. The summed E-state index contributed by atoms with van der Waals surface area (Å²) < 4.78 is 0. The van der Waals surface area contributed by atoms with Gasteiger partial charge in [0.05, 0.1) is 0 Å². The zero-order chi connectivity index (χ0) is 15.2. The maximum absolute atomic E-state index is 3.50. The Bertz CT molecular complexity index is 403. The summed E-state index contributed by atoms with van der Waals surface area (Å²) in [6.07, 6.45) is 0. The summed E-state index contributed by atoms with van der Waals surface area (Å²) in [7, 11) is 0. The van der Waals surface area contributed by atoms with E-state index in [2.05, 4.69) is 67.1 Å². The third kappa shape index (κ3) is 5.01. The smallest absolute Gasteiger partial charge is 0.0367 e. The molecule has 3 heteroatoms. The van der Waals surface area contributed by atoms with Gasteiger partial charge < -0.3 is 10.2 Å². The minimum Gasteiger partial charge on any atom is -0.369 e. The number of rotatable bonds is 6. The molecule has 1 aromatic carbocycles. The van der Waals surface area contributed by atoms with E-state index >= 15 is 0 Å². The lowest BCUT2D eigenvalue weighted by Gasteiger charge is -2.38. The Morgan fingerprint density at radius 3 is 2.10 bits per heavy atom. The van der Waals surface area contributed by atoms with Crippen LogP contribution in [0.1, 0.15) is 33.3 Å². The highest BCUT2D eigenvalue weighted by Gasteiger charge is 2.18. The number of nitrogens with zero attached hydrogens (tertiary/aromatic N) is 2. The molecule has 0 atom stereocenters. The van der Waals surface area contributed by atoms with Crippen LogP contribution in [0.5, 0.6) is 0 Å². The summed E-state index contributed by atoms with van der Waals surface area (Å²) in [6, 6.07) is 9.74. The van der Waals surface area contributed by atoms with Gasteiger partial charge in [-0.1, -0.05) is 26.0 Å². The molecule has 1 aromatic rings. The van der Waals surface area contributed by atoms with Gasteiger partial charge in [-0.15, -0.1) is 0 Å². The summed E-state index contributed by atoms with van der Waals surface area (Å²) >= 11 is 0. The molecule has 0 unspecified atom stereocenters. The SMILES string of the molecule is CC(C)CNCc1ccc(N2CCN(C(C)C)CC2)cc1. The Kier molecular flexibility index (Phi) is 6.07. The largest absolute Gasteiger partial charge is 0.369 e. The average molecular weight is 289 g/mol. The lowest BCUT2D eigenvalue weighted by Crippen LogP contribution is -2.48. The van der Waals surface area contributed by atoms with Crippen molar-refractivity contribution in [2.24, 2.45) is 5.92 Å². The lowest BCUT2D eigenvalue weighted by molar-refractivity contribution is 0.209. The minimum absolute atomic E-state index is 0.668. The molecule has 0 aromatic heterocycles. The molecule has 21 heavy (non-hydrogen) atoms. The first-order valence-corrected chi connectivity index (χ1v) is 8.35. The second-order valence-corrected chi connectivity index (χ2v) is 6.81. The molecule has 0 saturated carbocycles. The molecular formula is C18H31N3. The van der Waals surface area contributed by atoms with E-state index in [1.165, 1.54) is 24.3 Å². The van der Waals surface area contributed by atoms with Crippen LogP contribution < -0.4 is 10.2 Å². The van der Waals surface area contributed by atoms with Gasteiger partial charge in [0.1, 0.15) is 0 Å². The zero-order valence-corrected chi connectivity index (χ0v) is 14.1. The third-order valence-corrected chi connectivity index (χ3v) is 4.23. The summed E-state index contributed by atoms with van der Waals surface area (Å²) in [5.74, 6) is 0.710. The molecule has 1 saturated heterocycles. The second-order valence-electron chi connectivity index (χ2n) is 6.81. The van der Waals surface area contributed by atoms with Gasteiger partial charge >= 0.3 is 0 Å². The Morgan fingerprint density at radius 1 is 0.952 bits per heavy atom. The second kappa shape index (κ2) is 7.81. The van der Waals surface area contributed by atoms with E-state index in [1.807, 2.05) is 0 Å². The van der Waals surface area contributed by atoms with E-state index in [0.717, 1.165) is 26.2 Å². The highest BCUT2D eigenvalue weighted by molar-refractivity contribution is 5.48. The van der Waals surface area contributed by atoms with Crippen molar-refractivity contribution in [1.82, 2.24) is 10.2 Å². The van der Waals surface area contributed by atoms with Crippen molar-refractivity contribution < 1.29 is 0 Å². The number of nitrogens with one attached hydrogen (secondary N) is 1. The standard InChI is InChI=1S/C18H31N3/c1-15(2)13-19-14-17-5-7-18(8-6-17)21-11-9-20(10-12-21)16(3)4/h5-8,15-16,19H,9-14H2,1-4H3. The van der Waals surface area contributed by atoms with E-state index in [-0.39, 0.29) is 0 Å². The van der Waals surface area contributed by atoms with Gasteiger partial charge in [0.25, 0.3) is 0 Å². The summed E-state index contributed by atoms with van der Waals surface area (Å²) in [5.41, 5.74) is 2.74. The van der Waals surface area contributed by atoms with Crippen molar-refractivity contribution >= 4 is 5.69 Å². The van der Waals surface area contributed by atoms with E-state index in [4.69, 9.17) is 0 Å². The van der Waals surface area contributed by atoms with Crippen molar-refractivity contribution in [2.45, 2.75) is 40.3 Å². The van der Waals surface area contributed by atoms with E-state index in [9.17, 15) is 0 Å². The maximum atomic E-state index is 3.50. The Labute approximate surface area is 130 Å². The normalized spacial score (nSPS) is 17.0. The average Bonchev–Trinajstić information content (AvgIpc) is 2.48. The number of anilines is 1. The first kappa shape index (κ1) is 16.3. The lowest BCUT2D eigenvalue weighted by atomic mass is 10.1. The molecule has 0 bridgehead atoms. The molecule has 0 amide bonds. The summed E-state index contributed by atoms with van der Waals surface area (Å²) in [5, 5.41) is 3.50. The highest BCUT2D eigenvalue weighted by atomic mass is 15.3. The summed E-state index contributed by atoms with van der Waals surface area (Å²) in [4.78, 5) is 5.06. The van der Waals surface area contributed by atoms with E-state index in [0.29, 0.717) is 12.0 Å². The van der Waals surface area contributed by atoms with Crippen molar-refractivity contribution in [2.75, 3.05) is 37.6 Å².